The van der Waals surface area contributed by atoms with E-state index in [4.69, 9.17) is 47.4 Å². The molecule has 3 aromatic rings. The summed E-state index contributed by atoms with van der Waals surface area (Å²) in [5.74, 6) is -4.18. The molecule has 0 aliphatic carbocycles. The Kier molecular flexibility index (Phi) is 13.3. The largest absolute Gasteiger partial charge is 0.497 e. The predicted molar refractivity (Wildman–Crippen MR) is 209 cm³/mol. The van der Waals surface area contributed by atoms with Crippen molar-refractivity contribution in [3.05, 3.63) is 99.6 Å². The zero-order valence-corrected chi connectivity index (χ0v) is 34.4. The van der Waals surface area contributed by atoms with Gasteiger partial charge >= 0.3 is 17.9 Å². The molecule has 4 aliphatic heterocycles. The number of nitro groups is 1. The zero-order chi connectivity index (χ0) is 45.1. The molecule has 0 radical (unpaired) electrons. The quantitative estimate of drug-likeness (QED) is 0.0851. The van der Waals surface area contributed by atoms with E-state index in [2.05, 4.69) is 5.32 Å². The molecule has 4 aliphatic rings. The van der Waals surface area contributed by atoms with Crippen molar-refractivity contribution >= 4 is 41.3 Å². The molecule has 3 amide bonds. The minimum atomic E-state index is -1.84. The summed E-state index contributed by atoms with van der Waals surface area (Å²) in [4.78, 5) is 91.0. The first-order chi connectivity index (χ1) is 30.1. The van der Waals surface area contributed by atoms with Crippen LogP contribution in [-0.2, 0) is 57.1 Å². The Bertz CT molecular complexity index is 2200. The number of carbonyl (C=O) groups excluding carboxylic acids is 6. The van der Waals surface area contributed by atoms with Gasteiger partial charge in [-0.05, 0) is 36.4 Å². The van der Waals surface area contributed by atoms with Gasteiger partial charge in [-0.25, -0.2) is 0 Å². The standard InChI is InChI=1S/C42H43N3O18/c1-20(46)43-32-36(34-31(19-56-40(62-34)24-10-14-26(54-5)15-11-24)60-41(32)59-27-16-12-25(13-17-27)45(52)53)63-42-33(44-38(50)28-8-6-7-9-29(28)39(44)51)37(58-23(4)49)35(57-22(3)48)30(61-42)18-55-21(2)47/h6-17,30-37,40-42H,18-19H2,1-5H3,(H,43,46)/t30-,31-,32-,33-,34+,35-,36-,37-,40+,41+,42+/m1/s1. The number of benzene rings is 3. The number of nitro benzene ring substituents is 1. The number of nitrogens with zero attached hydrogens (tertiary/aromatic N) is 2. The van der Waals surface area contributed by atoms with E-state index in [0.717, 1.165) is 25.7 Å². The lowest BCUT2D eigenvalue weighted by molar-refractivity contribution is -0.384. The van der Waals surface area contributed by atoms with Gasteiger partial charge in [0.25, 0.3) is 17.5 Å². The van der Waals surface area contributed by atoms with Crippen LogP contribution in [-0.4, -0.2) is 127 Å². The predicted octanol–water partition coefficient (Wildman–Crippen LogP) is 2.53. The Labute approximate surface area is 358 Å². The number of rotatable bonds is 13. The molecule has 7 rings (SSSR count). The van der Waals surface area contributed by atoms with E-state index in [1.807, 2.05) is 0 Å². The highest BCUT2D eigenvalue weighted by Gasteiger charge is 2.60. The maximum Gasteiger partial charge on any atom is 0.303 e. The van der Waals surface area contributed by atoms with Gasteiger partial charge in [0.15, 0.2) is 24.8 Å². The lowest BCUT2D eigenvalue weighted by Crippen LogP contribution is -2.72. The second-order valence-corrected chi connectivity index (χ2v) is 14.8. The topological polar surface area (TPSA) is 253 Å². The van der Waals surface area contributed by atoms with E-state index < -0.39 is 115 Å². The summed E-state index contributed by atoms with van der Waals surface area (Å²) in [5.41, 5.74) is 0.328. The van der Waals surface area contributed by atoms with Gasteiger partial charge in [-0.2, -0.15) is 0 Å². The maximum absolute atomic E-state index is 14.3. The molecule has 3 aromatic carbocycles. The normalized spacial score (nSPS) is 28.8. The van der Waals surface area contributed by atoms with E-state index in [1.54, 1.807) is 36.4 Å². The highest BCUT2D eigenvalue weighted by atomic mass is 16.8. The Morgan fingerprint density at radius 3 is 1.97 bits per heavy atom. The molecular weight excluding hydrogens is 834 g/mol. The molecule has 3 fully saturated rings. The Morgan fingerprint density at radius 1 is 0.778 bits per heavy atom. The van der Waals surface area contributed by atoms with Gasteiger partial charge in [0.05, 0.1) is 29.8 Å². The summed E-state index contributed by atoms with van der Waals surface area (Å²) < 4.78 is 60.7. The van der Waals surface area contributed by atoms with Crippen LogP contribution in [0.4, 0.5) is 5.69 Å². The van der Waals surface area contributed by atoms with Crippen LogP contribution in [0.5, 0.6) is 11.5 Å². The first-order valence-corrected chi connectivity index (χ1v) is 19.6. The van der Waals surface area contributed by atoms with Crippen molar-refractivity contribution in [3.8, 4) is 11.5 Å². The summed E-state index contributed by atoms with van der Waals surface area (Å²) in [6, 6.07) is 14.7. The summed E-state index contributed by atoms with van der Waals surface area (Å²) in [6.45, 7) is 3.72. The van der Waals surface area contributed by atoms with E-state index >= 15 is 0 Å². The number of carbonyl (C=O) groups is 6. The highest BCUT2D eigenvalue weighted by Crippen LogP contribution is 2.41. The van der Waals surface area contributed by atoms with Crippen molar-refractivity contribution in [1.82, 2.24) is 10.2 Å². The van der Waals surface area contributed by atoms with Gasteiger partial charge in [-0.1, -0.05) is 24.3 Å². The molecule has 0 saturated carbocycles. The fraction of sp³-hybridized carbons (Fsp3) is 0.429. The van der Waals surface area contributed by atoms with Crippen molar-refractivity contribution in [2.75, 3.05) is 20.3 Å². The molecule has 21 heteroatoms. The average molecular weight is 878 g/mol. The third-order valence-electron chi connectivity index (χ3n) is 10.5. The number of amides is 3. The molecule has 3 saturated heterocycles. The number of ether oxygens (including phenoxy) is 10. The highest BCUT2D eigenvalue weighted by molar-refractivity contribution is 6.21. The number of nitrogens with one attached hydrogen (secondary N) is 1. The number of fused-ring (bicyclic) bond motifs is 2. The minimum absolute atomic E-state index is 0.00260. The summed E-state index contributed by atoms with van der Waals surface area (Å²) in [6.07, 6.45) is -12.7. The molecule has 0 bridgehead atoms. The minimum Gasteiger partial charge on any atom is -0.497 e. The van der Waals surface area contributed by atoms with Crippen LogP contribution in [0.3, 0.4) is 0 Å². The van der Waals surface area contributed by atoms with Crippen LogP contribution >= 0.6 is 0 Å². The van der Waals surface area contributed by atoms with Gasteiger partial charge < -0.3 is 52.7 Å². The second-order valence-electron chi connectivity index (χ2n) is 14.8. The zero-order valence-electron chi connectivity index (χ0n) is 34.4. The van der Waals surface area contributed by atoms with Crippen molar-refractivity contribution < 1.29 is 81.1 Å². The van der Waals surface area contributed by atoms with Gasteiger partial charge in [-0.3, -0.25) is 43.8 Å². The van der Waals surface area contributed by atoms with Crippen LogP contribution in [0.1, 0.15) is 60.3 Å². The molecule has 11 atom stereocenters. The van der Waals surface area contributed by atoms with Crippen LogP contribution in [0.15, 0.2) is 72.8 Å². The number of esters is 3. The van der Waals surface area contributed by atoms with E-state index in [-0.39, 0.29) is 29.2 Å². The average Bonchev–Trinajstić information content (AvgIpc) is 3.49. The first-order valence-electron chi connectivity index (χ1n) is 19.6. The molecular formula is C42H43N3O18. The van der Waals surface area contributed by atoms with E-state index in [0.29, 0.717) is 11.3 Å². The van der Waals surface area contributed by atoms with Crippen LogP contribution in [0.25, 0.3) is 0 Å². The van der Waals surface area contributed by atoms with Crippen LogP contribution in [0, 0.1) is 10.1 Å². The SMILES string of the molecule is COc1ccc([C@H]2OC[C@H]3O[C@H](Oc4ccc([N+](=O)[O-])cc4)[C@H](NC(C)=O)[C@@H](O[C@@H]4O[C@H](COC(C)=O)[C@@H](OC(C)=O)[C@H](OC(C)=O)[C@H]4N4C(=O)c5ccccc5C4=O)[C@H]3O2)cc1. The molecule has 4 heterocycles. The van der Waals surface area contributed by atoms with Gasteiger partial charge in [0, 0.05) is 45.4 Å². The first kappa shape index (κ1) is 44.5. The monoisotopic (exact) mass is 877 g/mol. The Balaban J connectivity index is 1.35. The van der Waals surface area contributed by atoms with Gasteiger partial charge in [-0.15, -0.1) is 0 Å². The summed E-state index contributed by atoms with van der Waals surface area (Å²) in [5, 5.41) is 14.2. The number of hydrogen-bond donors (Lipinski definition) is 1. The third-order valence-corrected chi connectivity index (χ3v) is 10.5. The molecule has 1 N–H and O–H groups in total. The summed E-state index contributed by atoms with van der Waals surface area (Å²) in [7, 11) is 1.51. The Hall–Kier alpha value is -6.52. The number of non-ortho nitro benzene ring substituents is 1. The van der Waals surface area contributed by atoms with E-state index in [1.165, 1.54) is 50.4 Å². The Morgan fingerprint density at radius 2 is 1.40 bits per heavy atom. The fourth-order valence-electron chi connectivity index (χ4n) is 7.84. The smallest absolute Gasteiger partial charge is 0.303 e. The van der Waals surface area contributed by atoms with Crippen LogP contribution < -0.4 is 14.8 Å². The third kappa shape index (κ3) is 9.61. The fourth-order valence-corrected chi connectivity index (χ4v) is 7.84. The molecule has 0 spiro atoms. The molecule has 334 valence electrons. The molecule has 0 aromatic heterocycles. The number of imide groups is 1. The lowest BCUT2D eigenvalue weighted by Gasteiger charge is -2.52. The maximum atomic E-state index is 14.3. The van der Waals surface area contributed by atoms with E-state index in [9.17, 15) is 38.9 Å². The van der Waals surface area contributed by atoms with Crippen molar-refractivity contribution in [1.29, 1.82) is 0 Å². The number of methoxy groups -OCH3 is 1. The molecule has 63 heavy (non-hydrogen) atoms. The van der Waals surface area contributed by atoms with Gasteiger partial charge in [0.2, 0.25) is 12.2 Å². The molecule has 0 unspecified atom stereocenters. The number of hydrogen-bond acceptors (Lipinski definition) is 18. The van der Waals surface area contributed by atoms with Crippen LogP contribution in [0.2, 0.25) is 0 Å². The second kappa shape index (κ2) is 18.8. The lowest BCUT2D eigenvalue weighted by atomic mass is 9.92. The van der Waals surface area contributed by atoms with Crippen molar-refractivity contribution in [2.45, 2.75) is 95.3 Å². The van der Waals surface area contributed by atoms with Gasteiger partial charge in [0.1, 0.15) is 54.6 Å². The van der Waals surface area contributed by atoms with Crippen molar-refractivity contribution in [3.63, 3.8) is 0 Å². The summed E-state index contributed by atoms with van der Waals surface area (Å²) >= 11 is 0. The molecule has 21 nitrogen and oxygen atoms in total. The van der Waals surface area contributed by atoms with Crippen molar-refractivity contribution in [2.24, 2.45) is 0 Å².